The van der Waals surface area contributed by atoms with Crippen LogP contribution in [0.2, 0.25) is 0 Å². The topological polar surface area (TPSA) is 88.1 Å². The number of carboxylic acid groups (broad SMARTS) is 1. The standard InChI is InChI=1S/C14H20N2O5/c1-5-6-16(2)14(19)15-10-8-12(21-4)11(20-3)7-9(10)13(17)18/h7-8H,5-6H2,1-4H3,(H,15,19)(H,17,18). The summed E-state index contributed by atoms with van der Waals surface area (Å²) in [5, 5.41) is 11.8. The first-order chi connectivity index (χ1) is 9.94. The number of carbonyl (C=O) groups is 2. The fraction of sp³-hybridized carbons (Fsp3) is 0.429. The molecule has 1 aromatic carbocycles. The fourth-order valence-electron chi connectivity index (χ4n) is 1.81. The van der Waals surface area contributed by atoms with Crippen molar-refractivity contribution in [2.45, 2.75) is 13.3 Å². The first-order valence-electron chi connectivity index (χ1n) is 6.46. The van der Waals surface area contributed by atoms with Crippen molar-refractivity contribution in [1.29, 1.82) is 0 Å². The van der Waals surface area contributed by atoms with Crippen molar-refractivity contribution < 1.29 is 24.2 Å². The lowest BCUT2D eigenvalue weighted by molar-refractivity contribution is 0.0697. The van der Waals surface area contributed by atoms with Gasteiger partial charge in [0.1, 0.15) is 0 Å². The monoisotopic (exact) mass is 296 g/mol. The zero-order valence-corrected chi connectivity index (χ0v) is 12.6. The number of hydrogen-bond donors (Lipinski definition) is 2. The van der Waals surface area contributed by atoms with E-state index in [-0.39, 0.29) is 23.0 Å². The number of rotatable bonds is 6. The molecule has 0 aliphatic heterocycles. The number of carbonyl (C=O) groups excluding carboxylic acids is 1. The van der Waals surface area contributed by atoms with E-state index in [1.807, 2.05) is 6.92 Å². The third-order valence-corrected chi connectivity index (χ3v) is 2.90. The van der Waals surface area contributed by atoms with Crippen molar-refractivity contribution in [3.63, 3.8) is 0 Å². The third-order valence-electron chi connectivity index (χ3n) is 2.90. The van der Waals surface area contributed by atoms with E-state index in [0.29, 0.717) is 12.3 Å². The number of methoxy groups -OCH3 is 2. The number of hydrogen-bond acceptors (Lipinski definition) is 4. The number of anilines is 1. The maximum atomic E-state index is 12.0. The SMILES string of the molecule is CCCN(C)C(=O)Nc1cc(OC)c(OC)cc1C(=O)O. The first-order valence-corrected chi connectivity index (χ1v) is 6.46. The molecule has 7 nitrogen and oxygen atoms in total. The summed E-state index contributed by atoms with van der Waals surface area (Å²) in [5.41, 5.74) is 0.0963. The molecule has 0 saturated heterocycles. The number of aromatic carboxylic acids is 1. The summed E-state index contributed by atoms with van der Waals surface area (Å²) in [7, 11) is 4.49. The van der Waals surface area contributed by atoms with Gasteiger partial charge in [-0.15, -0.1) is 0 Å². The second-order valence-corrected chi connectivity index (χ2v) is 4.41. The lowest BCUT2D eigenvalue weighted by atomic mass is 10.1. The smallest absolute Gasteiger partial charge is 0.337 e. The minimum absolute atomic E-state index is 0.0640. The molecule has 0 spiro atoms. The molecule has 0 saturated carbocycles. The fourth-order valence-corrected chi connectivity index (χ4v) is 1.81. The van der Waals surface area contributed by atoms with Gasteiger partial charge in [-0.2, -0.15) is 0 Å². The Kier molecular flexibility index (Phi) is 5.83. The summed E-state index contributed by atoms with van der Waals surface area (Å²) in [4.78, 5) is 24.8. The quantitative estimate of drug-likeness (QED) is 0.840. The van der Waals surface area contributed by atoms with Crippen LogP contribution >= 0.6 is 0 Å². The first kappa shape index (κ1) is 16.6. The van der Waals surface area contributed by atoms with Crippen LogP contribution in [0.5, 0.6) is 11.5 Å². The molecule has 0 unspecified atom stereocenters. The van der Waals surface area contributed by atoms with Crippen molar-refractivity contribution in [3.05, 3.63) is 17.7 Å². The van der Waals surface area contributed by atoms with E-state index in [2.05, 4.69) is 5.32 Å². The van der Waals surface area contributed by atoms with Crippen LogP contribution in [0.4, 0.5) is 10.5 Å². The van der Waals surface area contributed by atoms with Gasteiger partial charge in [0, 0.05) is 25.7 Å². The predicted octanol–water partition coefficient (Wildman–Crippen LogP) is 2.28. The van der Waals surface area contributed by atoms with Gasteiger partial charge in [0.15, 0.2) is 11.5 Å². The van der Waals surface area contributed by atoms with Gasteiger partial charge < -0.3 is 24.8 Å². The molecule has 0 aliphatic rings. The van der Waals surface area contributed by atoms with Crippen LogP contribution in [0, 0.1) is 0 Å². The zero-order chi connectivity index (χ0) is 16.0. The molecule has 2 N–H and O–H groups in total. The molecule has 0 atom stereocenters. The lowest BCUT2D eigenvalue weighted by Crippen LogP contribution is -2.32. The number of benzene rings is 1. The Hall–Kier alpha value is -2.44. The molecule has 0 fully saturated rings. The molecule has 21 heavy (non-hydrogen) atoms. The highest BCUT2D eigenvalue weighted by molar-refractivity contribution is 6.01. The third kappa shape index (κ3) is 4.01. The summed E-state index contributed by atoms with van der Waals surface area (Å²) in [6.45, 7) is 2.52. The highest BCUT2D eigenvalue weighted by Gasteiger charge is 2.19. The average Bonchev–Trinajstić information content (AvgIpc) is 2.46. The minimum atomic E-state index is -1.16. The van der Waals surface area contributed by atoms with Crippen molar-refractivity contribution in [2.75, 3.05) is 33.1 Å². The lowest BCUT2D eigenvalue weighted by Gasteiger charge is -2.19. The van der Waals surface area contributed by atoms with E-state index in [4.69, 9.17) is 9.47 Å². The van der Waals surface area contributed by atoms with Crippen molar-refractivity contribution in [2.24, 2.45) is 0 Å². The van der Waals surface area contributed by atoms with E-state index in [1.54, 1.807) is 7.05 Å². The van der Waals surface area contributed by atoms with Crippen molar-refractivity contribution in [3.8, 4) is 11.5 Å². The molecule has 1 rings (SSSR count). The number of nitrogens with zero attached hydrogens (tertiary/aromatic N) is 1. The van der Waals surface area contributed by atoms with Crippen LogP contribution in [-0.4, -0.2) is 49.8 Å². The maximum Gasteiger partial charge on any atom is 0.337 e. The van der Waals surface area contributed by atoms with Crippen molar-refractivity contribution in [1.82, 2.24) is 4.90 Å². The number of carboxylic acids is 1. The molecule has 0 aromatic heterocycles. The van der Waals surface area contributed by atoms with E-state index in [9.17, 15) is 14.7 Å². The van der Waals surface area contributed by atoms with Crippen molar-refractivity contribution >= 4 is 17.7 Å². The summed E-state index contributed by atoms with van der Waals surface area (Å²) < 4.78 is 10.2. The second kappa shape index (κ2) is 7.37. The maximum absolute atomic E-state index is 12.0. The molecule has 1 aromatic rings. The molecule has 2 amide bonds. The van der Waals surface area contributed by atoms with Gasteiger partial charge in [-0.1, -0.05) is 6.92 Å². The molecule has 116 valence electrons. The molecule has 0 radical (unpaired) electrons. The highest BCUT2D eigenvalue weighted by atomic mass is 16.5. The minimum Gasteiger partial charge on any atom is -0.493 e. The van der Waals surface area contributed by atoms with Crippen LogP contribution in [0.15, 0.2) is 12.1 Å². The summed E-state index contributed by atoms with van der Waals surface area (Å²) in [5.74, 6) is -0.532. The Morgan fingerprint density at radius 1 is 1.24 bits per heavy atom. The average molecular weight is 296 g/mol. The van der Waals surface area contributed by atoms with E-state index < -0.39 is 5.97 Å². The normalized spacial score (nSPS) is 9.90. The molecule has 0 aliphatic carbocycles. The summed E-state index contributed by atoms with van der Waals surface area (Å²) in [6.07, 6.45) is 0.807. The van der Waals surface area contributed by atoms with E-state index in [1.165, 1.54) is 31.3 Å². The Balaban J connectivity index is 3.15. The Labute approximate surface area is 123 Å². The molecular formula is C14H20N2O5. The van der Waals surface area contributed by atoms with Gasteiger partial charge in [-0.25, -0.2) is 9.59 Å². The Bertz CT molecular complexity index is 530. The summed E-state index contributed by atoms with van der Waals surface area (Å²) >= 11 is 0. The van der Waals surface area contributed by atoms with E-state index in [0.717, 1.165) is 6.42 Å². The van der Waals surface area contributed by atoms with Crippen LogP contribution in [0.1, 0.15) is 23.7 Å². The number of nitrogens with one attached hydrogen (secondary N) is 1. The molecule has 7 heteroatoms. The van der Waals surface area contributed by atoms with Gasteiger partial charge in [-0.3, -0.25) is 0 Å². The van der Waals surface area contributed by atoms with Gasteiger partial charge in [0.05, 0.1) is 25.5 Å². The summed E-state index contributed by atoms with van der Waals surface area (Å²) in [6, 6.07) is 2.36. The largest absolute Gasteiger partial charge is 0.493 e. The molecule has 0 heterocycles. The van der Waals surface area contributed by atoms with Gasteiger partial charge in [0.25, 0.3) is 0 Å². The highest BCUT2D eigenvalue weighted by Crippen LogP contribution is 2.33. The van der Waals surface area contributed by atoms with Crippen LogP contribution in [0.25, 0.3) is 0 Å². The van der Waals surface area contributed by atoms with Crippen LogP contribution < -0.4 is 14.8 Å². The Morgan fingerprint density at radius 2 is 1.81 bits per heavy atom. The van der Waals surface area contributed by atoms with Gasteiger partial charge in [-0.05, 0) is 6.42 Å². The molecular weight excluding hydrogens is 276 g/mol. The Morgan fingerprint density at radius 3 is 2.29 bits per heavy atom. The molecule has 0 bridgehead atoms. The van der Waals surface area contributed by atoms with Gasteiger partial charge >= 0.3 is 12.0 Å². The van der Waals surface area contributed by atoms with Crippen LogP contribution in [-0.2, 0) is 0 Å². The predicted molar refractivity (Wildman–Crippen MR) is 78.4 cm³/mol. The zero-order valence-electron chi connectivity index (χ0n) is 12.6. The second-order valence-electron chi connectivity index (χ2n) is 4.41. The number of urea groups is 1. The van der Waals surface area contributed by atoms with E-state index >= 15 is 0 Å². The van der Waals surface area contributed by atoms with Crippen LogP contribution in [0.3, 0.4) is 0 Å². The number of amides is 2. The number of ether oxygens (including phenoxy) is 2. The van der Waals surface area contributed by atoms with Gasteiger partial charge in [0.2, 0.25) is 0 Å².